The van der Waals surface area contributed by atoms with Crippen molar-refractivity contribution in [1.29, 1.82) is 0 Å². The van der Waals surface area contributed by atoms with E-state index in [4.69, 9.17) is 4.74 Å². The standard InChI is InChI=1S/C17H19FN2O/c18-16-3-1-2-14(12-20-15-4-5-15)17(16)21-11-8-13-6-9-19-10-7-13/h1-3,6-7,9-10,15,20H,4-5,8,11-12H2. The highest BCUT2D eigenvalue weighted by Crippen LogP contribution is 2.25. The number of nitrogens with zero attached hydrogens (tertiary/aromatic N) is 1. The molecular weight excluding hydrogens is 267 g/mol. The van der Waals surface area contributed by atoms with Crippen LogP contribution in [-0.2, 0) is 13.0 Å². The lowest BCUT2D eigenvalue weighted by molar-refractivity contribution is 0.301. The van der Waals surface area contributed by atoms with Crippen molar-refractivity contribution in [2.45, 2.75) is 31.8 Å². The highest BCUT2D eigenvalue weighted by Gasteiger charge is 2.21. The molecule has 0 saturated heterocycles. The number of para-hydroxylation sites is 1. The average Bonchev–Trinajstić information content (AvgIpc) is 3.33. The van der Waals surface area contributed by atoms with Crippen LogP contribution in [0.1, 0.15) is 24.0 Å². The van der Waals surface area contributed by atoms with Crippen molar-refractivity contribution in [1.82, 2.24) is 10.3 Å². The maximum absolute atomic E-state index is 14.0. The maximum Gasteiger partial charge on any atom is 0.165 e. The molecule has 0 radical (unpaired) electrons. The Morgan fingerprint density at radius 2 is 2.00 bits per heavy atom. The van der Waals surface area contributed by atoms with Gasteiger partial charge in [0, 0.05) is 37.0 Å². The van der Waals surface area contributed by atoms with Crippen LogP contribution >= 0.6 is 0 Å². The molecule has 0 atom stereocenters. The molecule has 2 aromatic rings. The zero-order chi connectivity index (χ0) is 14.5. The molecule has 110 valence electrons. The molecule has 1 aromatic heterocycles. The Morgan fingerprint density at radius 3 is 2.76 bits per heavy atom. The van der Waals surface area contributed by atoms with Gasteiger partial charge in [-0.05, 0) is 36.6 Å². The largest absolute Gasteiger partial charge is 0.490 e. The monoisotopic (exact) mass is 286 g/mol. The number of hydrogen-bond acceptors (Lipinski definition) is 3. The van der Waals surface area contributed by atoms with Gasteiger partial charge in [0.2, 0.25) is 0 Å². The lowest BCUT2D eigenvalue weighted by Crippen LogP contribution is -2.16. The van der Waals surface area contributed by atoms with Gasteiger partial charge in [0.05, 0.1) is 6.61 Å². The van der Waals surface area contributed by atoms with Crippen LogP contribution in [0.2, 0.25) is 0 Å². The minimum Gasteiger partial charge on any atom is -0.490 e. The second kappa shape index (κ2) is 6.68. The predicted octanol–water partition coefficient (Wildman–Crippen LogP) is 3.09. The molecule has 0 bridgehead atoms. The molecule has 1 aliphatic carbocycles. The van der Waals surface area contributed by atoms with Gasteiger partial charge in [-0.25, -0.2) is 4.39 Å². The van der Waals surface area contributed by atoms with Crippen molar-refractivity contribution >= 4 is 0 Å². The Kier molecular flexibility index (Phi) is 4.46. The Hall–Kier alpha value is -1.94. The van der Waals surface area contributed by atoms with Crippen molar-refractivity contribution in [2.75, 3.05) is 6.61 Å². The number of ether oxygens (including phenoxy) is 1. The third-order valence-corrected chi connectivity index (χ3v) is 3.59. The summed E-state index contributed by atoms with van der Waals surface area (Å²) in [5.41, 5.74) is 2.02. The van der Waals surface area contributed by atoms with Gasteiger partial charge >= 0.3 is 0 Å². The minimum atomic E-state index is -0.292. The van der Waals surface area contributed by atoms with Gasteiger partial charge in [0.25, 0.3) is 0 Å². The van der Waals surface area contributed by atoms with Crippen molar-refractivity contribution in [3.63, 3.8) is 0 Å². The molecule has 4 heteroatoms. The molecule has 3 nitrogen and oxygen atoms in total. The molecule has 1 saturated carbocycles. The van der Waals surface area contributed by atoms with Crippen LogP contribution in [0.4, 0.5) is 4.39 Å². The topological polar surface area (TPSA) is 34.1 Å². The van der Waals surface area contributed by atoms with Crippen molar-refractivity contribution in [3.05, 3.63) is 59.7 Å². The molecule has 1 N–H and O–H groups in total. The fourth-order valence-electron chi connectivity index (χ4n) is 2.22. The molecule has 21 heavy (non-hydrogen) atoms. The zero-order valence-corrected chi connectivity index (χ0v) is 11.9. The average molecular weight is 286 g/mol. The minimum absolute atomic E-state index is 0.292. The van der Waals surface area contributed by atoms with Gasteiger partial charge in [0.1, 0.15) is 0 Å². The van der Waals surface area contributed by atoms with Gasteiger partial charge in [-0.3, -0.25) is 4.98 Å². The number of rotatable bonds is 7. The highest BCUT2D eigenvalue weighted by atomic mass is 19.1. The summed E-state index contributed by atoms with van der Waals surface area (Å²) in [6.45, 7) is 1.12. The van der Waals surface area contributed by atoms with E-state index in [0.29, 0.717) is 24.9 Å². The molecule has 0 spiro atoms. The summed E-state index contributed by atoms with van der Waals surface area (Å²) in [6.07, 6.45) is 6.68. The van der Waals surface area contributed by atoms with E-state index in [1.807, 2.05) is 18.2 Å². The number of pyridine rings is 1. The first-order valence-electron chi connectivity index (χ1n) is 7.35. The van der Waals surface area contributed by atoms with E-state index in [2.05, 4.69) is 10.3 Å². The Bertz CT molecular complexity index is 585. The van der Waals surface area contributed by atoms with Crippen molar-refractivity contribution < 1.29 is 9.13 Å². The normalized spacial score (nSPS) is 14.1. The Labute approximate surface area is 124 Å². The quantitative estimate of drug-likeness (QED) is 0.849. The van der Waals surface area contributed by atoms with E-state index >= 15 is 0 Å². The number of benzene rings is 1. The number of nitrogens with one attached hydrogen (secondary N) is 1. The van der Waals surface area contributed by atoms with Crippen LogP contribution in [0.3, 0.4) is 0 Å². The zero-order valence-electron chi connectivity index (χ0n) is 11.9. The summed E-state index contributed by atoms with van der Waals surface area (Å²) in [7, 11) is 0. The van der Waals surface area contributed by atoms with Crippen molar-refractivity contribution in [2.24, 2.45) is 0 Å². The molecule has 0 aliphatic heterocycles. The smallest absolute Gasteiger partial charge is 0.165 e. The summed E-state index contributed by atoms with van der Waals surface area (Å²) in [4.78, 5) is 3.98. The van der Waals surface area contributed by atoms with Crippen LogP contribution in [-0.4, -0.2) is 17.6 Å². The van der Waals surface area contributed by atoms with Crippen LogP contribution in [0.15, 0.2) is 42.7 Å². The lowest BCUT2D eigenvalue weighted by atomic mass is 10.2. The summed E-state index contributed by atoms with van der Waals surface area (Å²) in [5.74, 6) is 0.0829. The molecular formula is C17H19FN2O. The SMILES string of the molecule is Fc1cccc(CNC2CC2)c1OCCc1ccncc1. The van der Waals surface area contributed by atoms with E-state index < -0.39 is 0 Å². The van der Waals surface area contributed by atoms with E-state index in [0.717, 1.165) is 17.5 Å². The summed E-state index contributed by atoms with van der Waals surface area (Å²) in [6, 6.07) is 9.58. The van der Waals surface area contributed by atoms with Crippen LogP contribution in [0.25, 0.3) is 0 Å². The molecule has 0 amide bonds. The molecule has 1 aromatic carbocycles. The van der Waals surface area contributed by atoms with Gasteiger partial charge in [-0.1, -0.05) is 12.1 Å². The van der Waals surface area contributed by atoms with Crippen LogP contribution in [0.5, 0.6) is 5.75 Å². The van der Waals surface area contributed by atoms with Crippen LogP contribution < -0.4 is 10.1 Å². The summed E-state index contributed by atoms with van der Waals surface area (Å²) < 4.78 is 19.6. The lowest BCUT2D eigenvalue weighted by Gasteiger charge is -2.13. The maximum atomic E-state index is 14.0. The number of halogens is 1. The first-order valence-corrected chi connectivity index (χ1v) is 7.35. The fourth-order valence-corrected chi connectivity index (χ4v) is 2.22. The Balaban J connectivity index is 1.60. The van der Waals surface area contributed by atoms with Crippen molar-refractivity contribution in [3.8, 4) is 5.75 Å². The van der Waals surface area contributed by atoms with Gasteiger partial charge < -0.3 is 10.1 Å². The van der Waals surface area contributed by atoms with E-state index in [9.17, 15) is 4.39 Å². The summed E-state index contributed by atoms with van der Waals surface area (Å²) in [5, 5.41) is 3.39. The van der Waals surface area contributed by atoms with E-state index in [1.165, 1.54) is 18.9 Å². The molecule has 3 rings (SSSR count). The van der Waals surface area contributed by atoms with Crippen LogP contribution in [0, 0.1) is 5.82 Å². The second-order valence-electron chi connectivity index (χ2n) is 5.34. The highest BCUT2D eigenvalue weighted by molar-refractivity contribution is 5.35. The second-order valence-corrected chi connectivity index (χ2v) is 5.34. The molecule has 1 fully saturated rings. The Morgan fingerprint density at radius 1 is 1.19 bits per heavy atom. The third kappa shape index (κ3) is 4.02. The van der Waals surface area contributed by atoms with Gasteiger partial charge in [-0.2, -0.15) is 0 Å². The predicted molar refractivity (Wildman–Crippen MR) is 79.7 cm³/mol. The van der Waals surface area contributed by atoms with Gasteiger partial charge in [-0.15, -0.1) is 0 Å². The molecule has 1 aliphatic rings. The number of hydrogen-bond donors (Lipinski definition) is 1. The van der Waals surface area contributed by atoms with Gasteiger partial charge in [0.15, 0.2) is 11.6 Å². The van der Waals surface area contributed by atoms with E-state index in [1.54, 1.807) is 18.5 Å². The molecule has 0 unspecified atom stereocenters. The fraction of sp³-hybridized carbons (Fsp3) is 0.353. The van der Waals surface area contributed by atoms with E-state index in [-0.39, 0.29) is 5.82 Å². The number of aromatic nitrogens is 1. The molecule has 1 heterocycles. The summed E-state index contributed by atoms with van der Waals surface area (Å²) >= 11 is 0. The third-order valence-electron chi connectivity index (χ3n) is 3.59. The first-order chi connectivity index (χ1) is 10.3. The first kappa shape index (κ1) is 14.0.